The number of hydrogen-bond donors (Lipinski definition) is 1. The van der Waals surface area contributed by atoms with Crippen molar-refractivity contribution < 1.29 is 27.1 Å². The van der Waals surface area contributed by atoms with Gasteiger partial charge in [0.25, 0.3) is 0 Å². The molecule has 3 aromatic carbocycles. The van der Waals surface area contributed by atoms with Gasteiger partial charge >= 0.3 is 5.97 Å². The number of nitrogens with zero attached hydrogens (tertiary/aromatic N) is 1. The van der Waals surface area contributed by atoms with E-state index in [0.717, 1.165) is 16.5 Å². The fourth-order valence-corrected chi connectivity index (χ4v) is 6.65. The number of nitrogens with one attached hydrogen (secondary N) is 1. The molecule has 0 aliphatic carbocycles. The van der Waals surface area contributed by atoms with Crippen molar-refractivity contribution in [2.45, 2.75) is 30.3 Å². The molecule has 1 aliphatic heterocycles. The highest BCUT2D eigenvalue weighted by atomic mass is 32.2. The van der Waals surface area contributed by atoms with Gasteiger partial charge in [-0.15, -0.1) is 0 Å². The molecule has 5 rings (SSSR count). The zero-order valence-corrected chi connectivity index (χ0v) is 20.8. The molecule has 0 radical (unpaired) electrons. The summed E-state index contributed by atoms with van der Waals surface area (Å²) in [5, 5.41) is 0.734. The van der Waals surface area contributed by atoms with E-state index < -0.39 is 33.9 Å². The highest BCUT2D eigenvalue weighted by Gasteiger charge is 2.48. The summed E-state index contributed by atoms with van der Waals surface area (Å²) in [5.41, 5.74) is 3.34. The summed E-state index contributed by atoms with van der Waals surface area (Å²) in [6, 6.07) is 14.3. The molecule has 0 amide bonds. The number of rotatable bonds is 6. The lowest BCUT2D eigenvalue weighted by atomic mass is 9.96. The quantitative estimate of drug-likeness (QED) is 0.370. The van der Waals surface area contributed by atoms with E-state index in [2.05, 4.69) is 4.98 Å². The first-order valence-corrected chi connectivity index (χ1v) is 12.8. The molecule has 1 aromatic heterocycles. The normalized spacial score (nSPS) is 17.8. The van der Waals surface area contributed by atoms with Crippen LogP contribution in [0.5, 0.6) is 5.75 Å². The number of carbonyl (C=O) groups excluding carboxylic acids is 1. The lowest BCUT2D eigenvalue weighted by Gasteiger charge is -2.29. The van der Waals surface area contributed by atoms with Gasteiger partial charge in [-0.3, -0.25) is 4.79 Å². The van der Waals surface area contributed by atoms with Crippen molar-refractivity contribution in [2.24, 2.45) is 0 Å². The Balaban J connectivity index is 1.78. The lowest BCUT2D eigenvalue weighted by Crippen LogP contribution is -2.34. The second-order valence-electron chi connectivity index (χ2n) is 8.78. The number of fused-ring (bicyclic) bond motifs is 2. The van der Waals surface area contributed by atoms with E-state index in [0.29, 0.717) is 22.4 Å². The molecule has 4 aromatic rings. The molecule has 0 saturated heterocycles. The maximum atomic E-state index is 14.6. The molecular weight excluding hydrogens is 483 g/mol. The standard InChI is InChI=1S/C27H25FN2O5S/c1-16-4-8-19(9-5-16)36(32,33)30-25(14-26(31)35-3)20-10-6-17(28)12-22(20)27(30)23-15-29-24-11-7-18(34-2)13-21(23)24/h4-13,15,25,27,29H,14H2,1-3H3/t25-,27-/m0/s1. The highest BCUT2D eigenvalue weighted by Crippen LogP contribution is 2.51. The number of H-pyrrole nitrogens is 1. The van der Waals surface area contributed by atoms with Gasteiger partial charge < -0.3 is 14.5 Å². The minimum atomic E-state index is -4.14. The van der Waals surface area contributed by atoms with Gasteiger partial charge in [0.15, 0.2) is 0 Å². The number of methoxy groups -OCH3 is 2. The molecule has 186 valence electrons. The molecule has 36 heavy (non-hydrogen) atoms. The van der Waals surface area contributed by atoms with Gasteiger partial charge in [0.05, 0.1) is 37.6 Å². The van der Waals surface area contributed by atoms with Crippen molar-refractivity contribution in [1.82, 2.24) is 9.29 Å². The predicted molar refractivity (Wildman–Crippen MR) is 133 cm³/mol. The fraction of sp³-hybridized carbons (Fsp3) is 0.222. The van der Waals surface area contributed by atoms with Crippen molar-refractivity contribution >= 4 is 26.9 Å². The van der Waals surface area contributed by atoms with Crippen molar-refractivity contribution in [3.63, 3.8) is 0 Å². The number of esters is 1. The highest BCUT2D eigenvalue weighted by molar-refractivity contribution is 7.89. The number of aromatic amines is 1. The van der Waals surface area contributed by atoms with E-state index in [4.69, 9.17) is 9.47 Å². The van der Waals surface area contributed by atoms with Gasteiger partial charge in [0.2, 0.25) is 10.0 Å². The number of halogens is 1. The van der Waals surface area contributed by atoms with E-state index in [1.165, 1.54) is 23.5 Å². The van der Waals surface area contributed by atoms with Gasteiger partial charge in [-0.25, -0.2) is 12.8 Å². The van der Waals surface area contributed by atoms with Crippen LogP contribution in [0.25, 0.3) is 10.9 Å². The van der Waals surface area contributed by atoms with Crippen molar-refractivity contribution in [2.75, 3.05) is 14.2 Å². The Bertz CT molecular complexity index is 1560. The van der Waals surface area contributed by atoms with E-state index in [1.54, 1.807) is 49.7 Å². The van der Waals surface area contributed by atoms with Gasteiger partial charge in [-0.2, -0.15) is 4.31 Å². The Morgan fingerprint density at radius 1 is 1.00 bits per heavy atom. The van der Waals surface area contributed by atoms with Crippen molar-refractivity contribution in [3.8, 4) is 5.75 Å². The molecular formula is C27H25FN2O5S. The van der Waals surface area contributed by atoms with Crippen LogP contribution in [-0.4, -0.2) is 37.9 Å². The third-order valence-electron chi connectivity index (χ3n) is 6.66. The van der Waals surface area contributed by atoms with Crippen LogP contribution in [0.2, 0.25) is 0 Å². The van der Waals surface area contributed by atoms with E-state index in [9.17, 15) is 17.6 Å². The second-order valence-corrected chi connectivity index (χ2v) is 10.6. The molecule has 2 heterocycles. The summed E-state index contributed by atoms with van der Waals surface area (Å²) in [6.45, 7) is 1.87. The number of hydrogen-bond acceptors (Lipinski definition) is 5. The lowest BCUT2D eigenvalue weighted by molar-refractivity contribution is -0.141. The largest absolute Gasteiger partial charge is 0.497 e. The molecule has 1 N–H and O–H groups in total. The Hall–Kier alpha value is -3.69. The first kappa shape index (κ1) is 24.0. The summed E-state index contributed by atoms with van der Waals surface area (Å²) >= 11 is 0. The first-order chi connectivity index (χ1) is 17.2. The number of sulfonamides is 1. The Morgan fingerprint density at radius 2 is 1.75 bits per heavy atom. The van der Waals surface area contributed by atoms with Crippen LogP contribution in [0.15, 0.2) is 71.8 Å². The molecule has 0 unspecified atom stereocenters. The topological polar surface area (TPSA) is 88.7 Å². The van der Waals surface area contributed by atoms with Crippen LogP contribution in [-0.2, 0) is 19.6 Å². The van der Waals surface area contributed by atoms with Crippen LogP contribution in [0.3, 0.4) is 0 Å². The molecule has 0 fully saturated rings. The summed E-state index contributed by atoms with van der Waals surface area (Å²) in [7, 11) is -1.34. The SMILES string of the molecule is COC(=O)C[C@H]1c2ccc(F)cc2[C@@H](c2c[nH]c3ccc(OC)cc23)N1S(=O)(=O)c1ccc(C)cc1. The Kier molecular flexibility index (Phi) is 6.05. The molecule has 1 aliphatic rings. The van der Waals surface area contributed by atoms with Gasteiger partial charge in [-0.05, 0) is 60.5 Å². The van der Waals surface area contributed by atoms with Crippen LogP contribution in [0.4, 0.5) is 4.39 Å². The molecule has 0 saturated carbocycles. The molecule has 9 heteroatoms. The Morgan fingerprint density at radius 3 is 2.44 bits per heavy atom. The smallest absolute Gasteiger partial charge is 0.307 e. The number of carbonyl (C=O) groups is 1. The predicted octanol–water partition coefficient (Wildman–Crippen LogP) is 5.02. The van der Waals surface area contributed by atoms with Crippen LogP contribution >= 0.6 is 0 Å². The molecule has 0 spiro atoms. The third kappa shape index (κ3) is 3.94. The van der Waals surface area contributed by atoms with Gasteiger partial charge in [0.1, 0.15) is 11.6 Å². The zero-order valence-electron chi connectivity index (χ0n) is 20.0. The second kappa shape index (κ2) is 9.07. The monoisotopic (exact) mass is 508 g/mol. The van der Waals surface area contributed by atoms with Crippen molar-refractivity contribution in [3.05, 3.63) is 94.9 Å². The molecule has 0 bridgehead atoms. The fourth-order valence-electron chi connectivity index (χ4n) is 4.90. The number of ether oxygens (including phenoxy) is 2. The third-order valence-corrected chi connectivity index (χ3v) is 8.55. The molecule has 2 atom stereocenters. The zero-order chi connectivity index (χ0) is 25.6. The molecule has 7 nitrogen and oxygen atoms in total. The minimum Gasteiger partial charge on any atom is -0.497 e. The van der Waals surface area contributed by atoms with E-state index in [1.807, 2.05) is 19.1 Å². The number of aromatic nitrogens is 1. The summed E-state index contributed by atoms with van der Waals surface area (Å²) in [6.07, 6.45) is 1.50. The van der Waals surface area contributed by atoms with Gasteiger partial charge in [-0.1, -0.05) is 23.8 Å². The number of aryl methyl sites for hydroxylation is 1. The minimum absolute atomic E-state index is 0.0821. The summed E-state index contributed by atoms with van der Waals surface area (Å²) in [4.78, 5) is 15.7. The first-order valence-electron chi connectivity index (χ1n) is 11.4. The van der Waals surface area contributed by atoms with Gasteiger partial charge in [0, 0.05) is 22.7 Å². The maximum Gasteiger partial charge on any atom is 0.307 e. The summed E-state index contributed by atoms with van der Waals surface area (Å²) in [5.74, 6) is -0.469. The van der Waals surface area contributed by atoms with E-state index in [-0.39, 0.29) is 11.3 Å². The van der Waals surface area contributed by atoms with Crippen LogP contribution < -0.4 is 4.74 Å². The van der Waals surface area contributed by atoms with E-state index >= 15 is 0 Å². The average Bonchev–Trinajstić information content (AvgIpc) is 3.42. The Labute approximate surface area is 208 Å². The van der Waals surface area contributed by atoms with Crippen molar-refractivity contribution in [1.29, 1.82) is 0 Å². The summed E-state index contributed by atoms with van der Waals surface area (Å²) < 4.78 is 54.6. The van der Waals surface area contributed by atoms with Crippen LogP contribution in [0.1, 0.15) is 40.8 Å². The number of benzene rings is 3. The van der Waals surface area contributed by atoms with Crippen LogP contribution in [0, 0.1) is 12.7 Å². The average molecular weight is 509 g/mol. The maximum absolute atomic E-state index is 14.6.